The Morgan fingerprint density at radius 3 is 2.00 bits per heavy atom. The van der Waals surface area contributed by atoms with Crippen LogP contribution in [0.2, 0.25) is 0 Å². The second-order valence-electron chi connectivity index (χ2n) is 1.88. The largest absolute Gasteiger partial charge is 0.368 e. The quantitative estimate of drug-likeness (QED) is 0.440. The van der Waals surface area contributed by atoms with Gasteiger partial charge >= 0.3 is 0 Å². The third-order valence-electron chi connectivity index (χ3n) is 0.948. The topological polar surface area (TPSA) is 114 Å². The number of aromatic nitrogens is 3. The maximum Gasteiger partial charge on any atom is 0.255 e. The Balaban J connectivity index is 3.08. The molecule has 1 aromatic heterocycles. The molecule has 0 atom stereocenters. The van der Waals surface area contributed by atoms with E-state index in [4.69, 9.17) is 16.7 Å². The normalized spacial score (nSPS) is 9.64. The molecule has 0 aromatic carbocycles. The summed E-state index contributed by atoms with van der Waals surface area (Å²) in [7, 11) is 1.36. The van der Waals surface area contributed by atoms with Gasteiger partial charge in [0.15, 0.2) is 0 Å². The van der Waals surface area contributed by atoms with Crippen molar-refractivity contribution in [3.8, 4) is 0 Å². The fraction of sp³-hybridized carbons (Fsp3) is 0.250. The van der Waals surface area contributed by atoms with Gasteiger partial charge in [-0.05, 0) is 0 Å². The lowest BCUT2D eigenvalue weighted by atomic mass is 10.8. The van der Waals surface area contributed by atoms with Gasteiger partial charge in [0.1, 0.15) is 0 Å². The number of nitrogens with zero attached hydrogens (tertiary/aromatic N) is 4. The molecule has 11 heavy (non-hydrogen) atoms. The minimum atomic E-state index is -0.0200. The fourth-order valence-electron chi connectivity index (χ4n) is 0.542. The Hall–Kier alpha value is -1.63. The summed E-state index contributed by atoms with van der Waals surface area (Å²) in [5.74, 6) is -0.0169. The van der Waals surface area contributed by atoms with E-state index in [2.05, 4.69) is 15.0 Å². The smallest absolute Gasteiger partial charge is 0.255 e. The lowest BCUT2D eigenvalue weighted by Gasteiger charge is -2.07. The Morgan fingerprint density at radius 1 is 1.18 bits per heavy atom. The first-order chi connectivity index (χ1) is 5.09. The molecule has 1 heterocycles. The molecule has 0 aliphatic carbocycles. The molecule has 7 nitrogen and oxygen atoms in total. The van der Waals surface area contributed by atoms with Crippen LogP contribution in [-0.2, 0) is 0 Å². The van der Waals surface area contributed by atoms with E-state index < -0.39 is 0 Å². The number of hydrogen-bond acceptors (Lipinski definition) is 7. The van der Waals surface area contributed by atoms with Crippen LogP contribution >= 0.6 is 0 Å². The van der Waals surface area contributed by atoms with Crippen molar-refractivity contribution < 1.29 is 5.21 Å². The summed E-state index contributed by atoms with van der Waals surface area (Å²) >= 11 is 0. The van der Waals surface area contributed by atoms with Gasteiger partial charge in [-0.1, -0.05) is 0 Å². The molecule has 0 radical (unpaired) electrons. The Labute approximate surface area is 62.6 Å². The van der Waals surface area contributed by atoms with Crippen molar-refractivity contribution in [3.63, 3.8) is 0 Å². The van der Waals surface area contributed by atoms with Crippen molar-refractivity contribution in [2.24, 2.45) is 0 Å². The highest BCUT2D eigenvalue weighted by Crippen LogP contribution is 2.05. The zero-order chi connectivity index (χ0) is 8.43. The van der Waals surface area contributed by atoms with Gasteiger partial charge in [-0.2, -0.15) is 15.0 Å². The van der Waals surface area contributed by atoms with E-state index in [0.717, 1.165) is 0 Å². The van der Waals surface area contributed by atoms with E-state index in [1.165, 1.54) is 7.05 Å². The average Bonchev–Trinajstić information content (AvgIpc) is 1.85. The van der Waals surface area contributed by atoms with Crippen molar-refractivity contribution in [1.82, 2.24) is 15.0 Å². The summed E-state index contributed by atoms with van der Waals surface area (Å²) in [4.78, 5) is 10.7. The van der Waals surface area contributed by atoms with Crippen LogP contribution in [0.3, 0.4) is 0 Å². The molecule has 0 bridgehead atoms. The number of hydrogen-bond donors (Lipinski definition) is 3. The van der Waals surface area contributed by atoms with Crippen molar-refractivity contribution in [3.05, 3.63) is 0 Å². The first-order valence-electron chi connectivity index (χ1n) is 2.79. The molecule has 0 saturated heterocycles. The monoisotopic (exact) mass is 156 g/mol. The molecule has 0 unspecified atom stereocenters. The van der Waals surface area contributed by atoms with Crippen LogP contribution in [0, 0.1) is 0 Å². The van der Waals surface area contributed by atoms with Crippen molar-refractivity contribution in [2.75, 3.05) is 23.6 Å². The van der Waals surface area contributed by atoms with E-state index in [-0.39, 0.29) is 17.8 Å². The highest BCUT2D eigenvalue weighted by molar-refractivity contribution is 5.36. The van der Waals surface area contributed by atoms with E-state index >= 15 is 0 Å². The summed E-state index contributed by atoms with van der Waals surface area (Å²) in [6.45, 7) is 0. The fourth-order valence-corrected chi connectivity index (χ4v) is 0.542. The van der Waals surface area contributed by atoms with Crippen LogP contribution in [0.4, 0.5) is 17.8 Å². The number of hydroxylamine groups is 1. The second-order valence-corrected chi connectivity index (χ2v) is 1.88. The number of anilines is 3. The number of nitrogens with two attached hydrogens (primary N) is 2. The lowest BCUT2D eigenvalue weighted by molar-refractivity contribution is 0.272. The predicted octanol–water partition coefficient (Wildman–Crippen LogP) is -1.14. The standard InChI is InChI=1S/C4H8N6O/c1-10(11)4-8-2(5)7-3(6)9-4/h11H,1H3,(H4,5,6,7,8,9). The van der Waals surface area contributed by atoms with Crippen LogP contribution in [-0.4, -0.2) is 27.2 Å². The molecule has 0 spiro atoms. The number of rotatable bonds is 1. The molecule has 1 aromatic rings. The highest BCUT2D eigenvalue weighted by Gasteiger charge is 2.03. The zero-order valence-electron chi connectivity index (χ0n) is 5.89. The summed E-state index contributed by atoms with van der Waals surface area (Å²) < 4.78 is 0. The molecule has 1 rings (SSSR count). The zero-order valence-corrected chi connectivity index (χ0v) is 5.89. The van der Waals surface area contributed by atoms with Crippen molar-refractivity contribution in [2.45, 2.75) is 0 Å². The maximum absolute atomic E-state index is 8.84. The Kier molecular flexibility index (Phi) is 1.73. The first kappa shape index (κ1) is 7.48. The molecule has 0 saturated carbocycles. The molecule has 0 amide bonds. The Morgan fingerprint density at radius 2 is 1.64 bits per heavy atom. The van der Waals surface area contributed by atoms with E-state index in [0.29, 0.717) is 5.06 Å². The van der Waals surface area contributed by atoms with Gasteiger partial charge in [-0.15, -0.1) is 0 Å². The van der Waals surface area contributed by atoms with Crippen LogP contribution in [0.15, 0.2) is 0 Å². The molecule has 0 aliphatic heterocycles. The summed E-state index contributed by atoms with van der Waals surface area (Å²) in [6, 6.07) is 0. The minimum absolute atomic E-state index is 0.0200. The van der Waals surface area contributed by atoms with Gasteiger partial charge in [0.05, 0.1) is 0 Å². The van der Waals surface area contributed by atoms with Gasteiger partial charge in [-0.3, -0.25) is 5.21 Å². The van der Waals surface area contributed by atoms with Gasteiger partial charge in [0, 0.05) is 7.05 Å². The van der Waals surface area contributed by atoms with E-state index in [1.54, 1.807) is 0 Å². The van der Waals surface area contributed by atoms with Crippen LogP contribution in [0.25, 0.3) is 0 Å². The van der Waals surface area contributed by atoms with Crippen LogP contribution in [0.5, 0.6) is 0 Å². The average molecular weight is 156 g/mol. The molecule has 0 fully saturated rings. The summed E-state index contributed by atoms with van der Waals surface area (Å²) in [5.41, 5.74) is 10.4. The third-order valence-corrected chi connectivity index (χ3v) is 0.948. The molecular weight excluding hydrogens is 148 g/mol. The van der Waals surface area contributed by atoms with Gasteiger partial charge < -0.3 is 11.5 Å². The highest BCUT2D eigenvalue weighted by atomic mass is 16.5. The molecule has 0 aliphatic rings. The van der Waals surface area contributed by atoms with Crippen molar-refractivity contribution in [1.29, 1.82) is 0 Å². The second kappa shape index (κ2) is 2.54. The van der Waals surface area contributed by atoms with Crippen molar-refractivity contribution >= 4 is 17.8 Å². The molecule has 5 N–H and O–H groups in total. The lowest BCUT2D eigenvalue weighted by Crippen LogP contribution is -2.16. The maximum atomic E-state index is 8.84. The predicted molar refractivity (Wildman–Crippen MR) is 38.8 cm³/mol. The summed E-state index contributed by atoms with van der Waals surface area (Å²) in [6.07, 6.45) is 0. The number of nitrogen functional groups attached to an aromatic ring is 2. The van der Waals surface area contributed by atoms with Gasteiger partial charge in [-0.25, -0.2) is 5.06 Å². The SMILES string of the molecule is CN(O)c1nc(N)nc(N)n1. The molecule has 60 valence electrons. The molecule has 7 heteroatoms. The Bertz CT molecular complexity index is 241. The van der Waals surface area contributed by atoms with E-state index in [1.807, 2.05) is 0 Å². The third kappa shape index (κ3) is 1.64. The van der Waals surface area contributed by atoms with E-state index in [9.17, 15) is 0 Å². The first-order valence-corrected chi connectivity index (χ1v) is 2.79. The summed E-state index contributed by atoms with van der Waals surface area (Å²) in [5, 5.41) is 9.54. The molecular formula is C4H8N6O. The minimum Gasteiger partial charge on any atom is -0.368 e. The van der Waals surface area contributed by atoms with Crippen LogP contribution in [0.1, 0.15) is 0 Å². The van der Waals surface area contributed by atoms with Gasteiger partial charge in [0.2, 0.25) is 11.9 Å². The van der Waals surface area contributed by atoms with Crippen LogP contribution < -0.4 is 16.5 Å². The van der Waals surface area contributed by atoms with Gasteiger partial charge in [0.25, 0.3) is 5.95 Å².